The van der Waals surface area contributed by atoms with Crippen molar-refractivity contribution < 1.29 is 9.32 Å². The van der Waals surface area contributed by atoms with Gasteiger partial charge in [0.05, 0.1) is 0 Å². The molecule has 6 nitrogen and oxygen atoms in total. The third-order valence-corrected chi connectivity index (χ3v) is 5.19. The Labute approximate surface area is 137 Å². The highest BCUT2D eigenvalue weighted by Crippen LogP contribution is 2.37. The van der Waals surface area contributed by atoms with E-state index in [2.05, 4.69) is 30.9 Å². The molecule has 1 aliphatic heterocycles. The van der Waals surface area contributed by atoms with Crippen LogP contribution in [0, 0.1) is 11.8 Å². The van der Waals surface area contributed by atoms with Gasteiger partial charge in [-0.1, -0.05) is 25.9 Å². The molecular formula is C17H28N4O2. The first kappa shape index (κ1) is 16.4. The van der Waals surface area contributed by atoms with Crippen molar-refractivity contribution in [1.82, 2.24) is 15.0 Å². The molecule has 1 aromatic rings. The molecule has 1 aliphatic carbocycles. The normalized spacial score (nSPS) is 27.5. The van der Waals surface area contributed by atoms with E-state index in [1.807, 2.05) is 4.90 Å². The fraction of sp³-hybridized carbons (Fsp3) is 0.824. The lowest BCUT2D eigenvalue weighted by atomic mass is 9.96. The van der Waals surface area contributed by atoms with Gasteiger partial charge in [0.2, 0.25) is 11.8 Å². The lowest BCUT2D eigenvalue weighted by molar-refractivity contribution is -0.130. The number of likely N-dealkylation sites (tertiary alicyclic amines) is 1. The SMILES string of the molecule is CC(C)(C)c1noc(CCCC(=O)N2CC3CCC(N)C3C2)n1. The minimum Gasteiger partial charge on any atom is -0.342 e. The van der Waals surface area contributed by atoms with Crippen molar-refractivity contribution in [3.63, 3.8) is 0 Å². The molecular weight excluding hydrogens is 292 g/mol. The lowest BCUT2D eigenvalue weighted by Gasteiger charge is -2.18. The number of rotatable bonds is 4. The van der Waals surface area contributed by atoms with Crippen LogP contribution in [-0.2, 0) is 16.6 Å². The van der Waals surface area contributed by atoms with Crippen LogP contribution in [0.4, 0.5) is 0 Å². The van der Waals surface area contributed by atoms with Gasteiger partial charge in [0.1, 0.15) is 0 Å². The van der Waals surface area contributed by atoms with Crippen LogP contribution in [-0.4, -0.2) is 40.1 Å². The molecule has 2 heterocycles. The summed E-state index contributed by atoms with van der Waals surface area (Å²) in [6.07, 6.45) is 4.25. The minimum absolute atomic E-state index is 0.107. The zero-order valence-electron chi connectivity index (χ0n) is 14.4. The number of nitrogens with zero attached hydrogens (tertiary/aromatic N) is 3. The number of aryl methyl sites for hydroxylation is 1. The van der Waals surface area contributed by atoms with Crippen LogP contribution in [0.25, 0.3) is 0 Å². The standard InChI is InChI=1S/C17H28N4O2/c1-17(2,3)16-19-14(23-20-16)5-4-6-15(22)21-9-11-7-8-13(18)12(11)10-21/h11-13H,4-10,18H2,1-3H3. The van der Waals surface area contributed by atoms with Crippen molar-refractivity contribution in [3.8, 4) is 0 Å². The first-order valence-electron chi connectivity index (χ1n) is 8.71. The molecule has 23 heavy (non-hydrogen) atoms. The summed E-state index contributed by atoms with van der Waals surface area (Å²) in [5, 5.41) is 4.01. The average molecular weight is 320 g/mol. The van der Waals surface area contributed by atoms with Gasteiger partial charge in [0.15, 0.2) is 5.82 Å². The first-order chi connectivity index (χ1) is 10.8. The Kier molecular flexibility index (Phi) is 4.45. The topological polar surface area (TPSA) is 85.2 Å². The Morgan fingerprint density at radius 2 is 2.13 bits per heavy atom. The zero-order valence-corrected chi connectivity index (χ0v) is 14.4. The quantitative estimate of drug-likeness (QED) is 0.915. The predicted octanol–water partition coefficient (Wildman–Crippen LogP) is 1.89. The maximum Gasteiger partial charge on any atom is 0.226 e. The Bertz CT molecular complexity index is 563. The van der Waals surface area contributed by atoms with E-state index in [1.165, 1.54) is 6.42 Å². The molecule has 6 heteroatoms. The van der Waals surface area contributed by atoms with Crippen LogP contribution in [0.15, 0.2) is 4.52 Å². The van der Waals surface area contributed by atoms with Gasteiger partial charge < -0.3 is 15.2 Å². The molecule has 2 N–H and O–H groups in total. The zero-order chi connectivity index (χ0) is 16.6. The Hall–Kier alpha value is -1.43. The van der Waals surface area contributed by atoms with Gasteiger partial charge in [-0.25, -0.2) is 0 Å². The van der Waals surface area contributed by atoms with E-state index in [0.29, 0.717) is 30.6 Å². The summed E-state index contributed by atoms with van der Waals surface area (Å²) in [7, 11) is 0. The molecule has 2 fully saturated rings. The van der Waals surface area contributed by atoms with E-state index in [4.69, 9.17) is 10.3 Å². The Morgan fingerprint density at radius 1 is 1.35 bits per heavy atom. The number of nitrogens with two attached hydrogens (primary N) is 1. The van der Waals surface area contributed by atoms with E-state index in [1.54, 1.807) is 0 Å². The third-order valence-electron chi connectivity index (χ3n) is 5.19. The van der Waals surface area contributed by atoms with Gasteiger partial charge in [-0.3, -0.25) is 4.79 Å². The summed E-state index contributed by atoms with van der Waals surface area (Å²) >= 11 is 0. The number of hydrogen-bond donors (Lipinski definition) is 1. The highest BCUT2D eigenvalue weighted by molar-refractivity contribution is 5.76. The van der Waals surface area contributed by atoms with Crippen molar-refractivity contribution in [2.75, 3.05) is 13.1 Å². The van der Waals surface area contributed by atoms with Gasteiger partial charge in [0.25, 0.3) is 0 Å². The van der Waals surface area contributed by atoms with Gasteiger partial charge in [0, 0.05) is 37.4 Å². The highest BCUT2D eigenvalue weighted by Gasteiger charge is 2.42. The second-order valence-corrected chi connectivity index (χ2v) is 8.08. The molecule has 0 bridgehead atoms. The average Bonchev–Trinajstić information content (AvgIpc) is 3.16. The molecule has 2 aliphatic rings. The van der Waals surface area contributed by atoms with Crippen molar-refractivity contribution in [3.05, 3.63) is 11.7 Å². The fourth-order valence-electron chi connectivity index (χ4n) is 3.72. The summed E-state index contributed by atoms with van der Waals surface area (Å²) in [5.41, 5.74) is 6.02. The molecule has 3 unspecified atom stereocenters. The van der Waals surface area contributed by atoms with Gasteiger partial charge in [-0.15, -0.1) is 0 Å². The summed E-state index contributed by atoms with van der Waals surface area (Å²) in [5.74, 6) is 2.73. The summed E-state index contributed by atoms with van der Waals surface area (Å²) in [6, 6.07) is 0.284. The van der Waals surface area contributed by atoms with Crippen LogP contribution in [0.5, 0.6) is 0 Å². The van der Waals surface area contributed by atoms with E-state index in [9.17, 15) is 4.79 Å². The molecule has 1 amide bonds. The largest absolute Gasteiger partial charge is 0.342 e. The number of aromatic nitrogens is 2. The van der Waals surface area contributed by atoms with E-state index >= 15 is 0 Å². The fourth-order valence-corrected chi connectivity index (χ4v) is 3.72. The van der Waals surface area contributed by atoms with Crippen molar-refractivity contribution >= 4 is 5.91 Å². The van der Waals surface area contributed by atoms with Crippen LogP contribution in [0.2, 0.25) is 0 Å². The maximum atomic E-state index is 12.4. The molecule has 1 saturated heterocycles. The molecule has 3 rings (SSSR count). The molecule has 1 aromatic heterocycles. The van der Waals surface area contributed by atoms with Crippen LogP contribution in [0.1, 0.15) is 58.2 Å². The monoisotopic (exact) mass is 320 g/mol. The Morgan fingerprint density at radius 3 is 2.78 bits per heavy atom. The smallest absolute Gasteiger partial charge is 0.226 e. The molecule has 0 aromatic carbocycles. The molecule has 128 valence electrons. The first-order valence-corrected chi connectivity index (χ1v) is 8.71. The summed E-state index contributed by atoms with van der Waals surface area (Å²) in [4.78, 5) is 18.8. The van der Waals surface area contributed by atoms with Gasteiger partial charge in [-0.05, 0) is 31.1 Å². The minimum atomic E-state index is -0.107. The van der Waals surface area contributed by atoms with Crippen molar-refractivity contribution in [2.24, 2.45) is 17.6 Å². The maximum absolute atomic E-state index is 12.4. The van der Waals surface area contributed by atoms with E-state index in [-0.39, 0.29) is 17.4 Å². The van der Waals surface area contributed by atoms with E-state index in [0.717, 1.165) is 31.8 Å². The van der Waals surface area contributed by atoms with Crippen LogP contribution < -0.4 is 5.73 Å². The second kappa shape index (κ2) is 6.23. The second-order valence-electron chi connectivity index (χ2n) is 8.08. The molecule has 0 spiro atoms. The van der Waals surface area contributed by atoms with Crippen LogP contribution >= 0.6 is 0 Å². The van der Waals surface area contributed by atoms with Crippen molar-refractivity contribution in [2.45, 2.75) is 64.3 Å². The highest BCUT2D eigenvalue weighted by atomic mass is 16.5. The number of carbonyl (C=O) groups is 1. The molecule has 3 atom stereocenters. The number of fused-ring (bicyclic) bond motifs is 1. The summed E-state index contributed by atoms with van der Waals surface area (Å²) < 4.78 is 5.27. The molecule has 0 radical (unpaired) electrons. The predicted molar refractivity (Wildman–Crippen MR) is 86.7 cm³/mol. The lowest BCUT2D eigenvalue weighted by Crippen LogP contribution is -2.33. The van der Waals surface area contributed by atoms with Gasteiger partial charge >= 0.3 is 0 Å². The number of hydrogen-bond acceptors (Lipinski definition) is 5. The number of carbonyl (C=O) groups excluding carboxylic acids is 1. The Balaban J connectivity index is 1.44. The van der Waals surface area contributed by atoms with Crippen molar-refractivity contribution in [1.29, 1.82) is 0 Å². The summed E-state index contributed by atoms with van der Waals surface area (Å²) in [6.45, 7) is 7.91. The number of amides is 1. The van der Waals surface area contributed by atoms with E-state index < -0.39 is 0 Å². The molecule has 1 saturated carbocycles. The van der Waals surface area contributed by atoms with Gasteiger partial charge in [-0.2, -0.15) is 4.98 Å². The van der Waals surface area contributed by atoms with Crippen LogP contribution in [0.3, 0.4) is 0 Å². The third kappa shape index (κ3) is 3.57.